The molecule has 1 aromatic carbocycles. The van der Waals surface area contributed by atoms with Crippen molar-refractivity contribution in [2.24, 2.45) is 5.92 Å². The van der Waals surface area contributed by atoms with Crippen molar-refractivity contribution in [3.05, 3.63) is 35.4 Å². The number of nitrogens with one attached hydrogen (secondary N) is 3. The number of halogens is 1. The molecule has 1 aromatic rings. The molecule has 0 spiro atoms. The van der Waals surface area contributed by atoms with E-state index in [0.717, 1.165) is 31.5 Å². The minimum atomic E-state index is -0.0669. The Morgan fingerprint density at radius 2 is 1.77 bits per heavy atom. The van der Waals surface area contributed by atoms with Gasteiger partial charge in [-0.25, -0.2) is 0 Å². The van der Waals surface area contributed by atoms with Crippen molar-refractivity contribution in [3.8, 4) is 0 Å². The Balaban J connectivity index is 0.00000242. The van der Waals surface area contributed by atoms with Gasteiger partial charge in [0.1, 0.15) is 0 Å². The number of amides is 2. The van der Waals surface area contributed by atoms with Gasteiger partial charge in [0, 0.05) is 24.6 Å². The van der Waals surface area contributed by atoms with Crippen LogP contribution in [0.1, 0.15) is 35.7 Å². The fourth-order valence-corrected chi connectivity index (χ4v) is 2.45. The first-order valence-electron chi connectivity index (χ1n) is 7.56. The summed E-state index contributed by atoms with van der Waals surface area (Å²) in [5, 5.41) is 8.99. The number of carbonyl (C=O) groups excluding carboxylic acids is 2. The standard InChI is InChI=1S/C16H23N3O2.ClH/c1-2-18-15(20)13-5-3-12(4-6-13)11-19-16(21)14-7-9-17-10-8-14;/h3-6,14,17H,2,7-11H2,1H3,(H,18,20)(H,19,21);1H. The van der Waals surface area contributed by atoms with E-state index in [1.807, 2.05) is 19.1 Å². The fourth-order valence-electron chi connectivity index (χ4n) is 2.45. The molecule has 0 saturated carbocycles. The van der Waals surface area contributed by atoms with Crippen molar-refractivity contribution < 1.29 is 9.59 Å². The van der Waals surface area contributed by atoms with Gasteiger partial charge in [0.2, 0.25) is 5.91 Å². The van der Waals surface area contributed by atoms with Crippen molar-refractivity contribution in [2.75, 3.05) is 19.6 Å². The van der Waals surface area contributed by atoms with Gasteiger partial charge < -0.3 is 16.0 Å². The van der Waals surface area contributed by atoms with Crippen molar-refractivity contribution in [1.82, 2.24) is 16.0 Å². The van der Waals surface area contributed by atoms with Gasteiger partial charge in [-0.2, -0.15) is 0 Å². The molecular formula is C16H24ClN3O2. The summed E-state index contributed by atoms with van der Waals surface area (Å²) in [4.78, 5) is 23.7. The molecule has 0 bridgehead atoms. The Morgan fingerprint density at radius 1 is 1.14 bits per heavy atom. The van der Waals surface area contributed by atoms with E-state index < -0.39 is 0 Å². The number of hydrogen-bond donors (Lipinski definition) is 3. The van der Waals surface area contributed by atoms with Crippen LogP contribution in [0.15, 0.2) is 24.3 Å². The fraction of sp³-hybridized carbons (Fsp3) is 0.500. The van der Waals surface area contributed by atoms with Crippen LogP contribution in [-0.4, -0.2) is 31.4 Å². The summed E-state index contributed by atoms with van der Waals surface area (Å²) >= 11 is 0. The SMILES string of the molecule is CCNC(=O)c1ccc(CNC(=O)C2CCNCC2)cc1.Cl. The summed E-state index contributed by atoms with van der Waals surface area (Å²) in [6.07, 6.45) is 1.81. The normalized spacial score (nSPS) is 14.8. The molecule has 5 nitrogen and oxygen atoms in total. The topological polar surface area (TPSA) is 70.2 Å². The molecule has 6 heteroatoms. The minimum absolute atomic E-state index is 0. The third-order valence-electron chi connectivity index (χ3n) is 3.73. The average molecular weight is 326 g/mol. The van der Waals surface area contributed by atoms with Crippen LogP contribution in [0.3, 0.4) is 0 Å². The third kappa shape index (κ3) is 5.31. The lowest BCUT2D eigenvalue weighted by Crippen LogP contribution is -2.37. The van der Waals surface area contributed by atoms with Crippen molar-refractivity contribution in [3.63, 3.8) is 0 Å². The molecule has 2 rings (SSSR count). The van der Waals surface area contributed by atoms with E-state index in [4.69, 9.17) is 0 Å². The second kappa shape index (κ2) is 9.43. The molecular weight excluding hydrogens is 302 g/mol. The Bertz CT molecular complexity index is 485. The predicted molar refractivity (Wildman–Crippen MR) is 89.1 cm³/mol. The van der Waals surface area contributed by atoms with Crippen molar-refractivity contribution in [1.29, 1.82) is 0 Å². The molecule has 0 unspecified atom stereocenters. The molecule has 2 amide bonds. The third-order valence-corrected chi connectivity index (χ3v) is 3.73. The van der Waals surface area contributed by atoms with E-state index in [2.05, 4.69) is 16.0 Å². The van der Waals surface area contributed by atoms with Crippen molar-refractivity contribution in [2.45, 2.75) is 26.3 Å². The maximum Gasteiger partial charge on any atom is 0.251 e. The van der Waals surface area contributed by atoms with Gasteiger partial charge in [-0.15, -0.1) is 12.4 Å². The molecule has 22 heavy (non-hydrogen) atoms. The van der Waals surface area contributed by atoms with Gasteiger partial charge >= 0.3 is 0 Å². The van der Waals surface area contributed by atoms with Crippen molar-refractivity contribution >= 4 is 24.2 Å². The summed E-state index contributed by atoms with van der Waals surface area (Å²) in [6.45, 7) is 4.85. The monoisotopic (exact) mass is 325 g/mol. The summed E-state index contributed by atoms with van der Waals surface area (Å²) in [5.41, 5.74) is 1.65. The Labute approximate surface area is 137 Å². The van der Waals surface area contributed by atoms with Crippen LogP contribution in [0, 0.1) is 5.92 Å². The van der Waals surface area contributed by atoms with Crippen LogP contribution in [0.25, 0.3) is 0 Å². The van der Waals surface area contributed by atoms with E-state index in [-0.39, 0.29) is 30.1 Å². The molecule has 1 aliphatic rings. The molecule has 1 fully saturated rings. The predicted octanol–water partition coefficient (Wildman–Crippen LogP) is 1.47. The number of rotatable bonds is 5. The highest BCUT2D eigenvalue weighted by atomic mass is 35.5. The highest BCUT2D eigenvalue weighted by molar-refractivity contribution is 5.94. The van der Waals surface area contributed by atoms with Gasteiger partial charge in [-0.05, 0) is 50.6 Å². The van der Waals surface area contributed by atoms with E-state index in [0.29, 0.717) is 18.7 Å². The quantitative estimate of drug-likeness (QED) is 0.768. The second-order valence-corrected chi connectivity index (χ2v) is 5.30. The van der Waals surface area contributed by atoms with Gasteiger partial charge in [0.15, 0.2) is 0 Å². The largest absolute Gasteiger partial charge is 0.352 e. The van der Waals surface area contributed by atoms with Gasteiger partial charge in [-0.3, -0.25) is 9.59 Å². The van der Waals surface area contributed by atoms with Crippen LogP contribution in [-0.2, 0) is 11.3 Å². The number of hydrogen-bond acceptors (Lipinski definition) is 3. The average Bonchev–Trinajstić information content (AvgIpc) is 2.54. The Morgan fingerprint density at radius 3 is 2.36 bits per heavy atom. The molecule has 0 aliphatic carbocycles. The number of carbonyl (C=O) groups is 2. The first-order valence-corrected chi connectivity index (χ1v) is 7.56. The highest BCUT2D eigenvalue weighted by Gasteiger charge is 2.20. The molecule has 1 aliphatic heterocycles. The lowest BCUT2D eigenvalue weighted by molar-refractivity contribution is -0.125. The summed E-state index contributed by atoms with van der Waals surface area (Å²) < 4.78 is 0. The summed E-state index contributed by atoms with van der Waals surface area (Å²) in [5.74, 6) is 0.188. The first-order chi connectivity index (χ1) is 10.2. The minimum Gasteiger partial charge on any atom is -0.352 e. The Kier molecular flexibility index (Phi) is 7.91. The zero-order chi connectivity index (χ0) is 15.1. The number of benzene rings is 1. The molecule has 3 N–H and O–H groups in total. The van der Waals surface area contributed by atoms with Gasteiger partial charge in [0.25, 0.3) is 5.91 Å². The highest BCUT2D eigenvalue weighted by Crippen LogP contribution is 2.12. The van der Waals surface area contributed by atoms with Gasteiger partial charge in [0.05, 0.1) is 0 Å². The smallest absolute Gasteiger partial charge is 0.251 e. The number of piperidine rings is 1. The molecule has 0 aromatic heterocycles. The van der Waals surface area contributed by atoms with E-state index in [1.165, 1.54) is 0 Å². The van der Waals surface area contributed by atoms with Crippen LogP contribution in [0.2, 0.25) is 0 Å². The van der Waals surface area contributed by atoms with E-state index >= 15 is 0 Å². The maximum atomic E-state index is 12.0. The summed E-state index contributed by atoms with van der Waals surface area (Å²) in [7, 11) is 0. The Hall–Kier alpha value is -1.59. The van der Waals surface area contributed by atoms with E-state index in [1.54, 1.807) is 12.1 Å². The molecule has 0 atom stereocenters. The van der Waals surface area contributed by atoms with Gasteiger partial charge in [-0.1, -0.05) is 12.1 Å². The molecule has 1 saturated heterocycles. The zero-order valence-corrected chi connectivity index (χ0v) is 13.7. The van der Waals surface area contributed by atoms with E-state index in [9.17, 15) is 9.59 Å². The van der Waals surface area contributed by atoms with Crippen LogP contribution in [0.5, 0.6) is 0 Å². The molecule has 0 radical (unpaired) electrons. The molecule has 122 valence electrons. The molecule has 1 heterocycles. The summed E-state index contributed by atoms with van der Waals surface area (Å²) in [6, 6.07) is 7.34. The lowest BCUT2D eigenvalue weighted by Gasteiger charge is -2.21. The van der Waals surface area contributed by atoms with Crippen LogP contribution < -0.4 is 16.0 Å². The zero-order valence-electron chi connectivity index (χ0n) is 12.9. The second-order valence-electron chi connectivity index (χ2n) is 5.30. The van der Waals surface area contributed by atoms with Crippen LogP contribution >= 0.6 is 12.4 Å². The van der Waals surface area contributed by atoms with Crippen LogP contribution in [0.4, 0.5) is 0 Å². The maximum absolute atomic E-state index is 12.0. The lowest BCUT2D eigenvalue weighted by atomic mass is 9.97. The first kappa shape index (κ1) is 18.5.